The van der Waals surface area contributed by atoms with E-state index in [1.807, 2.05) is 59.6 Å². The first-order valence-electron chi connectivity index (χ1n) is 13.6. The standard InChI is InChI=1S/C31H29N5O4/c37-20-21-9-11-22(12-10-21)29(38)35-15-13-31-26-7-1-2-8-27(26)36(30(31)39)19-24-18-34(33-32-24)14-4-16-40-25-6-3-5-23(17-25)28(31)35/h1-3,5-12,17-18,28,37H,4,13-16,19-20H2/t28-,31+/m0/s1. The Hall–Kier alpha value is -4.50. The molecule has 9 nitrogen and oxygen atoms in total. The molecule has 40 heavy (non-hydrogen) atoms. The maximum atomic E-state index is 14.7. The predicted molar refractivity (Wildman–Crippen MR) is 147 cm³/mol. The molecular formula is C31H29N5O4. The number of para-hydroxylation sites is 1. The average Bonchev–Trinajstić information content (AvgIpc) is 3.68. The van der Waals surface area contributed by atoms with Crippen LogP contribution in [0, 0.1) is 0 Å². The van der Waals surface area contributed by atoms with E-state index in [-0.39, 0.29) is 18.4 Å². The van der Waals surface area contributed by atoms with Crippen LogP contribution in [0.25, 0.3) is 0 Å². The molecule has 3 aliphatic heterocycles. The highest BCUT2D eigenvalue weighted by Gasteiger charge is 2.61. The van der Waals surface area contributed by atoms with Gasteiger partial charge in [-0.2, -0.15) is 0 Å². The number of hydrogen-bond acceptors (Lipinski definition) is 6. The lowest BCUT2D eigenvalue weighted by Gasteiger charge is -2.35. The zero-order valence-electron chi connectivity index (χ0n) is 21.9. The Morgan fingerprint density at radius 3 is 2.75 bits per heavy atom. The normalized spacial score (nSPS) is 21.7. The van der Waals surface area contributed by atoms with Crippen LogP contribution < -0.4 is 9.64 Å². The maximum Gasteiger partial charge on any atom is 0.254 e. The van der Waals surface area contributed by atoms with Gasteiger partial charge in [0.15, 0.2) is 0 Å². The number of carbonyl (C=O) groups excluding carboxylic acids is 2. The van der Waals surface area contributed by atoms with E-state index in [9.17, 15) is 14.7 Å². The van der Waals surface area contributed by atoms with E-state index in [2.05, 4.69) is 10.3 Å². The molecule has 9 heteroatoms. The number of ether oxygens (including phenoxy) is 1. The highest BCUT2D eigenvalue weighted by molar-refractivity contribution is 6.10. The van der Waals surface area contributed by atoms with Crippen LogP contribution in [-0.2, 0) is 29.9 Å². The first-order valence-corrected chi connectivity index (χ1v) is 13.6. The van der Waals surface area contributed by atoms with Gasteiger partial charge < -0.3 is 19.6 Å². The summed E-state index contributed by atoms with van der Waals surface area (Å²) in [5.41, 5.74) is 3.62. The lowest BCUT2D eigenvalue weighted by atomic mass is 9.72. The molecule has 0 aliphatic carbocycles. The Morgan fingerprint density at radius 1 is 1.05 bits per heavy atom. The summed E-state index contributed by atoms with van der Waals surface area (Å²) in [7, 11) is 0. The number of benzene rings is 3. The van der Waals surface area contributed by atoms with Gasteiger partial charge in [-0.1, -0.05) is 47.7 Å². The van der Waals surface area contributed by atoms with Crippen LogP contribution in [-0.4, -0.2) is 50.0 Å². The van der Waals surface area contributed by atoms with Gasteiger partial charge in [-0.25, -0.2) is 0 Å². The van der Waals surface area contributed by atoms with Crippen molar-refractivity contribution in [1.82, 2.24) is 19.9 Å². The van der Waals surface area contributed by atoms with Crippen molar-refractivity contribution in [2.45, 2.75) is 44.0 Å². The number of nitrogens with zero attached hydrogens (tertiary/aromatic N) is 5. The largest absolute Gasteiger partial charge is 0.494 e. The van der Waals surface area contributed by atoms with E-state index in [1.165, 1.54) is 0 Å². The van der Waals surface area contributed by atoms with Gasteiger partial charge in [0.05, 0.1) is 32.0 Å². The fraction of sp³-hybridized carbons (Fsp3) is 0.290. The monoisotopic (exact) mass is 535 g/mol. The summed E-state index contributed by atoms with van der Waals surface area (Å²) >= 11 is 0. The molecule has 0 unspecified atom stereocenters. The topological polar surface area (TPSA) is 101 Å². The zero-order chi connectivity index (χ0) is 27.3. The number of aliphatic hydroxyl groups is 1. The second kappa shape index (κ2) is 9.60. The summed E-state index contributed by atoms with van der Waals surface area (Å²) < 4.78 is 7.90. The molecule has 2 atom stereocenters. The molecule has 2 amide bonds. The summed E-state index contributed by atoms with van der Waals surface area (Å²) in [4.78, 5) is 32.4. The van der Waals surface area contributed by atoms with Gasteiger partial charge >= 0.3 is 0 Å². The van der Waals surface area contributed by atoms with E-state index in [4.69, 9.17) is 4.74 Å². The van der Waals surface area contributed by atoms with Crippen LogP contribution in [0.5, 0.6) is 5.75 Å². The number of aliphatic hydroxyl groups excluding tert-OH is 1. The average molecular weight is 536 g/mol. The molecule has 3 aliphatic rings. The summed E-state index contributed by atoms with van der Waals surface area (Å²) in [5.74, 6) is 0.506. The number of aromatic nitrogens is 3. The lowest BCUT2D eigenvalue weighted by molar-refractivity contribution is -0.124. The Bertz CT molecular complexity index is 1600. The smallest absolute Gasteiger partial charge is 0.254 e. The van der Waals surface area contributed by atoms with Crippen molar-refractivity contribution in [3.63, 3.8) is 0 Å². The van der Waals surface area contributed by atoms with E-state index in [0.29, 0.717) is 49.7 Å². The van der Waals surface area contributed by atoms with Gasteiger partial charge in [-0.15, -0.1) is 5.10 Å². The predicted octanol–water partition coefficient (Wildman–Crippen LogP) is 3.62. The number of fused-ring (bicyclic) bond motifs is 8. The van der Waals surface area contributed by atoms with Crippen LogP contribution in [0.1, 0.15) is 51.6 Å². The van der Waals surface area contributed by atoms with Gasteiger partial charge in [0.2, 0.25) is 5.91 Å². The van der Waals surface area contributed by atoms with Crippen LogP contribution in [0.15, 0.2) is 79.0 Å². The molecule has 6 bridgehead atoms. The molecule has 202 valence electrons. The van der Waals surface area contributed by atoms with Crippen molar-refractivity contribution in [3.05, 3.63) is 107 Å². The fourth-order valence-corrected chi connectivity index (χ4v) is 6.52. The minimum absolute atomic E-state index is 0.0413. The molecule has 4 aromatic rings. The van der Waals surface area contributed by atoms with Crippen molar-refractivity contribution < 1.29 is 19.4 Å². The summed E-state index contributed by atoms with van der Waals surface area (Å²) in [5, 5.41) is 18.1. The lowest BCUT2D eigenvalue weighted by Crippen LogP contribution is -2.45. The summed E-state index contributed by atoms with van der Waals surface area (Å²) in [6, 6.07) is 22.2. The molecule has 0 saturated carbocycles. The van der Waals surface area contributed by atoms with Crippen molar-refractivity contribution in [1.29, 1.82) is 0 Å². The summed E-state index contributed by atoms with van der Waals surface area (Å²) in [6.07, 6.45) is 3.13. The molecule has 7 rings (SSSR count). The van der Waals surface area contributed by atoms with Gasteiger partial charge in [-0.3, -0.25) is 14.3 Å². The SMILES string of the molecule is O=C(c1ccc(CO)cc1)N1CC[C@]23C(=O)N(Cc4cn(nn4)CCCOc4cccc(c4)[C@H]12)c1ccccc13. The highest BCUT2D eigenvalue weighted by Crippen LogP contribution is 2.57. The number of aryl methyl sites for hydroxylation is 1. The van der Waals surface area contributed by atoms with Gasteiger partial charge in [0, 0.05) is 30.8 Å². The maximum absolute atomic E-state index is 14.7. The third kappa shape index (κ3) is 3.80. The van der Waals surface area contributed by atoms with Crippen LogP contribution in [0.2, 0.25) is 0 Å². The second-order valence-corrected chi connectivity index (χ2v) is 10.6. The Labute approximate surface area is 231 Å². The van der Waals surface area contributed by atoms with E-state index >= 15 is 0 Å². The quantitative estimate of drug-likeness (QED) is 0.421. The van der Waals surface area contributed by atoms with Gasteiger partial charge in [0.25, 0.3) is 5.91 Å². The first kappa shape index (κ1) is 24.5. The molecule has 4 heterocycles. The van der Waals surface area contributed by atoms with E-state index in [0.717, 1.165) is 28.8 Å². The van der Waals surface area contributed by atoms with Crippen molar-refractivity contribution in [2.24, 2.45) is 0 Å². The van der Waals surface area contributed by atoms with Gasteiger partial charge in [0.1, 0.15) is 16.9 Å². The molecule has 1 spiro atoms. The number of anilines is 1. The first-order chi connectivity index (χ1) is 19.6. The highest BCUT2D eigenvalue weighted by atomic mass is 16.5. The van der Waals surface area contributed by atoms with Crippen molar-refractivity contribution in [3.8, 4) is 5.75 Å². The molecule has 1 aromatic heterocycles. The molecule has 3 aromatic carbocycles. The number of hydrogen-bond donors (Lipinski definition) is 1. The van der Waals surface area contributed by atoms with Gasteiger partial charge in [-0.05, 0) is 53.4 Å². The number of likely N-dealkylation sites (tertiary alicyclic amines) is 1. The third-order valence-electron chi connectivity index (χ3n) is 8.35. The van der Waals surface area contributed by atoms with Crippen molar-refractivity contribution >= 4 is 17.5 Å². The Kier molecular flexibility index (Phi) is 5.89. The molecule has 1 fully saturated rings. The number of carbonyl (C=O) groups is 2. The van der Waals surface area contributed by atoms with Crippen molar-refractivity contribution in [2.75, 3.05) is 18.1 Å². The molecular weight excluding hydrogens is 506 g/mol. The van der Waals surface area contributed by atoms with E-state index < -0.39 is 11.5 Å². The third-order valence-corrected chi connectivity index (χ3v) is 8.35. The fourth-order valence-electron chi connectivity index (χ4n) is 6.52. The second-order valence-electron chi connectivity index (χ2n) is 10.6. The Morgan fingerprint density at radius 2 is 1.90 bits per heavy atom. The Balaban J connectivity index is 1.40. The minimum atomic E-state index is -0.966. The molecule has 1 N–H and O–H groups in total. The van der Waals surface area contributed by atoms with Crippen LogP contribution >= 0.6 is 0 Å². The van der Waals surface area contributed by atoms with Crippen LogP contribution in [0.4, 0.5) is 5.69 Å². The molecule has 0 radical (unpaired) electrons. The number of amides is 2. The zero-order valence-corrected chi connectivity index (χ0v) is 21.9. The summed E-state index contributed by atoms with van der Waals surface area (Å²) in [6.45, 7) is 1.78. The minimum Gasteiger partial charge on any atom is -0.494 e. The van der Waals surface area contributed by atoms with Crippen LogP contribution in [0.3, 0.4) is 0 Å². The van der Waals surface area contributed by atoms with E-state index in [1.54, 1.807) is 33.8 Å². The molecule has 1 saturated heterocycles. The number of rotatable bonds is 2.